The Labute approximate surface area is 96.3 Å². The van der Waals surface area contributed by atoms with Crippen molar-refractivity contribution >= 4 is 5.97 Å². The molecule has 0 saturated carbocycles. The number of carboxylic acid groups (broad SMARTS) is 1. The molecule has 1 rings (SSSR count). The van der Waals surface area contributed by atoms with Crippen molar-refractivity contribution in [2.45, 2.75) is 40.0 Å². The number of aliphatic carboxylic acids is 1. The number of rotatable bonds is 5. The van der Waals surface area contributed by atoms with E-state index in [1.807, 2.05) is 14.0 Å². The quantitative estimate of drug-likeness (QED) is 0.831. The summed E-state index contributed by atoms with van der Waals surface area (Å²) >= 11 is 0. The van der Waals surface area contributed by atoms with Gasteiger partial charge >= 0.3 is 5.97 Å². The molecule has 0 radical (unpaired) electrons. The monoisotopic (exact) mass is 224 g/mol. The number of carboxylic acids is 1. The van der Waals surface area contributed by atoms with Crippen molar-refractivity contribution in [3.8, 4) is 0 Å². The molecule has 0 spiro atoms. The summed E-state index contributed by atoms with van der Waals surface area (Å²) in [5, 5.41) is 8.65. The fourth-order valence-corrected chi connectivity index (χ4v) is 1.71. The largest absolute Gasteiger partial charge is 0.481 e. The second kappa shape index (κ2) is 5.14. The van der Waals surface area contributed by atoms with E-state index in [-0.39, 0.29) is 6.42 Å². The van der Waals surface area contributed by atoms with E-state index in [0.29, 0.717) is 12.3 Å². The first kappa shape index (κ1) is 12.7. The minimum Gasteiger partial charge on any atom is -0.481 e. The van der Waals surface area contributed by atoms with Gasteiger partial charge in [-0.2, -0.15) is 0 Å². The number of carbonyl (C=O) groups is 1. The van der Waals surface area contributed by atoms with Gasteiger partial charge in [0.25, 0.3) is 0 Å². The molecule has 4 nitrogen and oxygen atoms in total. The number of imidazole rings is 1. The lowest BCUT2D eigenvalue weighted by molar-refractivity contribution is -0.136. The average molecular weight is 224 g/mol. The molecule has 0 saturated heterocycles. The van der Waals surface area contributed by atoms with Crippen LogP contribution in [0.4, 0.5) is 0 Å². The Morgan fingerprint density at radius 1 is 1.50 bits per heavy atom. The Bertz CT molecular complexity index is 381. The fourth-order valence-electron chi connectivity index (χ4n) is 1.71. The van der Waals surface area contributed by atoms with Gasteiger partial charge in [0, 0.05) is 25.6 Å². The van der Waals surface area contributed by atoms with Crippen molar-refractivity contribution in [1.29, 1.82) is 0 Å². The summed E-state index contributed by atoms with van der Waals surface area (Å²) in [5.41, 5.74) is 2.00. The number of nitrogens with zero attached hydrogens (tertiary/aromatic N) is 2. The van der Waals surface area contributed by atoms with Crippen LogP contribution >= 0.6 is 0 Å². The second-order valence-corrected chi connectivity index (χ2v) is 4.61. The number of hydrogen-bond donors (Lipinski definition) is 1. The highest BCUT2D eigenvalue weighted by molar-refractivity contribution is 5.67. The van der Waals surface area contributed by atoms with Gasteiger partial charge in [-0.15, -0.1) is 0 Å². The van der Waals surface area contributed by atoms with E-state index >= 15 is 0 Å². The Balaban J connectivity index is 2.82. The minimum atomic E-state index is -0.768. The van der Waals surface area contributed by atoms with Crippen LogP contribution in [0.2, 0.25) is 0 Å². The van der Waals surface area contributed by atoms with Gasteiger partial charge in [0.2, 0.25) is 0 Å². The summed E-state index contributed by atoms with van der Waals surface area (Å²) in [6.45, 7) is 6.30. The summed E-state index contributed by atoms with van der Waals surface area (Å²) in [6, 6.07) is 0. The van der Waals surface area contributed by atoms with E-state index in [1.165, 1.54) is 0 Å². The lowest BCUT2D eigenvalue weighted by Crippen LogP contribution is -2.03. The summed E-state index contributed by atoms with van der Waals surface area (Å²) < 4.78 is 2.07. The molecule has 0 aromatic carbocycles. The third-order valence-corrected chi connectivity index (χ3v) is 2.74. The van der Waals surface area contributed by atoms with E-state index < -0.39 is 5.97 Å². The van der Waals surface area contributed by atoms with Crippen LogP contribution in [0.15, 0.2) is 0 Å². The van der Waals surface area contributed by atoms with Crippen LogP contribution in [0, 0.1) is 12.8 Å². The van der Waals surface area contributed by atoms with Crippen molar-refractivity contribution in [2.75, 3.05) is 0 Å². The van der Waals surface area contributed by atoms with Crippen LogP contribution in [-0.4, -0.2) is 20.6 Å². The van der Waals surface area contributed by atoms with Crippen LogP contribution in [0.5, 0.6) is 0 Å². The van der Waals surface area contributed by atoms with Gasteiger partial charge in [0.15, 0.2) is 0 Å². The molecule has 0 aliphatic carbocycles. The maximum Gasteiger partial charge on any atom is 0.303 e. The molecule has 0 atom stereocenters. The predicted octanol–water partition coefficient (Wildman–Crippen LogP) is 1.94. The maximum atomic E-state index is 10.5. The molecule has 0 aliphatic heterocycles. The van der Waals surface area contributed by atoms with Gasteiger partial charge < -0.3 is 9.67 Å². The van der Waals surface area contributed by atoms with Gasteiger partial charge in [0.1, 0.15) is 5.82 Å². The van der Waals surface area contributed by atoms with Crippen LogP contribution in [0.1, 0.15) is 37.5 Å². The third-order valence-electron chi connectivity index (χ3n) is 2.74. The molecular formula is C12H20N2O2. The molecule has 0 bridgehead atoms. The SMILES string of the molecule is Cc1c(CCC(=O)O)nc(CC(C)C)n1C. The summed E-state index contributed by atoms with van der Waals surface area (Å²) in [7, 11) is 1.99. The number of aromatic nitrogens is 2. The summed E-state index contributed by atoms with van der Waals surface area (Å²) in [5.74, 6) is 0.844. The first-order valence-electron chi connectivity index (χ1n) is 5.64. The molecule has 90 valence electrons. The van der Waals surface area contributed by atoms with Gasteiger partial charge in [0.05, 0.1) is 12.1 Å². The molecule has 0 amide bonds. The average Bonchev–Trinajstić information content (AvgIpc) is 2.42. The standard InChI is InChI=1S/C12H20N2O2/c1-8(2)7-11-13-10(5-6-12(15)16)9(3)14(11)4/h8H,5-7H2,1-4H3,(H,15,16). The highest BCUT2D eigenvalue weighted by atomic mass is 16.4. The van der Waals surface area contributed by atoms with Crippen LogP contribution < -0.4 is 0 Å². The first-order valence-corrected chi connectivity index (χ1v) is 5.64. The lowest BCUT2D eigenvalue weighted by atomic mass is 10.1. The Kier molecular flexibility index (Phi) is 4.10. The molecule has 0 unspecified atom stereocenters. The van der Waals surface area contributed by atoms with E-state index in [2.05, 4.69) is 23.4 Å². The van der Waals surface area contributed by atoms with Gasteiger partial charge in [-0.1, -0.05) is 13.8 Å². The first-order chi connectivity index (χ1) is 7.41. The van der Waals surface area contributed by atoms with Gasteiger partial charge in [-0.25, -0.2) is 4.98 Å². The molecule has 1 heterocycles. The van der Waals surface area contributed by atoms with Crippen LogP contribution in [0.3, 0.4) is 0 Å². The summed E-state index contributed by atoms with van der Waals surface area (Å²) in [6.07, 6.45) is 1.61. The molecule has 0 fully saturated rings. The third kappa shape index (κ3) is 3.08. The molecular weight excluding hydrogens is 204 g/mol. The van der Waals surface area contributed by atoms with Crippen molar-refractivity contribution in [2.24, 2.45) is 13.0 Å². The molecule has 1 N–H and O–H groups in total. The zero-order valence-electron chi connectivity index (χ0n) is 10.4. The van der Waals surface area contributed by atoms with Gasteiger partial charge in [-0.3, -0.25) is 4.79 Å². The van der Waals surface area contributed by atoms with Crippen molar-refractivity contribution in [3.05, 3.63) is 17.2 Å². The van der Waals surface area contributed by atoms with Crippen molar-refractivity contribution in [1.82, 2.24) is 9.55 Å². The minimum absolute atomic E-state index is 0.152. The van der Waals surface area contributed by atoms with Crippen molar-refractivity contribution in [3.63, 3.8) is 0 Å². The molecule has 1 aromatic heterocycles. The normalized spacial score (nSPS) is 11.1. The molecule has 1 aromatic rings. The summed E-state index contributed by atoms with van der Waals surface area (Å²) in [4.78, 5) is 15.0. The zero-order chi connectivity index (χ0) is 12.3. The number of hydrogen-bond acceptors (Lipinski definition) is 2. The lowest BCUT2D eigenvalue weighted by Gasteiger charge is -2.05. The van der Waals surface area contributed by atoms with E-state index in [1.54, 1.807) is 0 Å². The Morgan fingerprint density at radius 3 is 2.62 bits per heavy atom. The maximum absolute atomic E-state index is 10.5. The Morgan fingerprint density at radius 2 is 2.12 bits per heavy atom. The Hall–Kier alpha value is -1.32. The van der Waals surface area contributed by atoms with Crippen LogP contribution in [-0.2, 0) is 24.7 Å². The number of aryl methyl sites for hydroxylation is 1. The topological polar surface area (TPSA) is 55.1 Å². The smallest absolute Gasteiger partial charge is 0.303 e. The zero-order valence-corrected chi connectivity index (χ0v) is 10.4. The molecule has 4 heteroatoms. The van der Waals surface area contributed by atoms with Crippen LogP contribution in [0.25, 0.3) is 0 Å². The van der Waals surface area contributed by atoms with E-state index in [0.717, 1.165) is 23.6 Å². The fraction of sp³-hybridized carbons (Fsp3) is 0.667. The van der Waals surface area contributed by atoms with Crippen molar-refractivity contribution < 1.29 is 9.90 Å². The molecule has 0 aliphatic rings. The van der Waals surface area contributed by atoms with E-state index in [4.69, 9.17) is 5.11 Å². The highest BCUT2D eigenvalue weighted by Gasteiger charge is 2.12. The predicted molar refractivity (Wildman–Crippen MR) is 62.4 cm³/mol. The molecule has 16 heavy (non-hydrogen) atoms. The van der Waals surface area contributed by atoms with Gasteiger partial charge in [-0.05, 0) is 12.8 Å². The van der Waals surface area contributed by atoms with E-state index in [9.17, 15) is 4.79 Å². The highest BCUT2D eigenvalue weighted by Crippen LogP contribution is 2.14. The second-order valence-electron chi connectivity index (χ2n) is 4.61.